The number of hydrogen-bond acceptors (Lipinski definition) is 5. The molecule has 0 bridgehead atoms. The van der Waals surface area contributed by atoms with Gasteiger partial charge < -0.3 is 18.9 Å². The second-order valence-corrected chi connectivity index (χ2v) is 6.36. The van der Waals surface area contributed by atoms with Crippen LogP contribution >= 0.6 is 0 Å². The summed E-state index contributed by atoms with van der Waals surface area (Å²) in [5, 5.41) is 0. The minimum atomic E-state index is -0.474. The lowest BCUT2D eigenvalue weighted by atomic mass is 10.1. The molecular weight excluding hydrogens is 284 g/mol. The normalized spacial score (nSPS) is 11.9. The SMILES string of the molecule is CCC(=O)OC(C)(C)CCOCCOCCOCCC(C)C. The van der Waals surface area contributed by atoms with Crippen molar-refractivity contribution in [3.05, 3.63) is 0 Å². The van der Waals surface area contributed by atoms with Crippen LogP contribution in [0.3, 0.4) is 0 Å². The van der Waals surface area contributed by atoms with Gasteiger partial charge in [0.2, 0.25) is 0 Å². The number of hydrogen-bond donors (Lipinski definition) is 0. The zero-order valence-electron chi connectivity index (χ0n) is 15.0. The van der Waals surface area contributed by atoms with E-state index in [9.17, 15) is 4.79 Å². The lowest BCUT2D eigenvalue weighted by molar-refractivity contribution is -0.157. The zero-order chi connectivity index (χ0) is 16.8. The van der Waals surface area contributed by atoms with Crippen molar-refractivity contribution in [3.8, 4) is 0 Å². The smallest absolute Gasteiger partial charge is 0.306 e. The maximum Gasteiger partial charge on any atom is 0.306 e. The van der Waals surface area contributed by atoms with Gasteiger partial charge in [0.1, 0.15) is 5.60 Å². The Morgan fingerprint density at radius 2 is 1.41 bits per heavy atom. The molecule has 0 unspecified atom stereocenters. The molecule has 5 nitrogen and oxygen atoms in total. The third kappa shape index (κ3) is 14.3. The van der Waals surface area contributed by atoms with Gasteiger partial charge in [-0.2, -0.15) is 0 Å². The molecule has 0 aliphatic rings. The van der Waals surface area contributed by atoms with Crippen molar-refractivity contribution in [2.45, 2.75) is 59.5 Å². The molecule has 0 aliphatic heterocycles. The van der Waals surface area contributed by atoms with Crippen molar-refractivity contribution in [2.24, 2.45) is 5.92 Å². The average molecular weight is 318 g/mol. The van der Waals surface area contributed by atoms with Crippen LogP contribution in [0.4, 0.5) is 0 Å². The Morgan fingerprint density at radius 1 is 0.909 bits per heavy atom. The maximum absolute atomic E-state index is 11.3. The fourth-order valence-electron chi connectivity index (χ4n) is 1.61. The van der Waals surface area contributed by atoms with E-state index in [1.54, 1.807) is 6.92 Å². The summed E-state index contributed by atoms with van der Waals surface area (Å²) in [4.78, 5) is 11.3. The Hall–Kier alpha value is -0.650. The predicted molar refractivity (Wildman–Crippen MR) is 87.0 cm³/mol. The molecule has 0 rings (SSSR count). The molecule has 22 heavy (non-hydrogen) atoms. The number of ether oxygens (including phenoxy) is 4. The summed E-state index contributed by atoms with van der Waals surface area (Å²) in [5.74, 6) is 0.501. The molecule has 0 aliphatic carbocycles. The van der Waals surface area contributed by atoms with Gasteiger partial charge in [0.05, 0.1) is 33.0 Å². The summed E-state index contributed by atoms with van der Waals surface area (Å²) in [6.07, 6.45) is 2.16. The Kier molecular flexibility index (Phi) is 12.5. The lowest BCUT2D eigenvalue weighted by Gasteiger charge is -2.24. The number of esters is 1. The van der Waals surface area contributed by atoms with Gasteiger partial charge in [-0.3, -0.25) is 4.79 Å². The minimum Gasteiger partial charge on any atom is -0.460 e. The summed E-state index contributed by atoms with van der Waals surface area (Å²) in [6.45, 7) is 13.6. The molecule has 0 amide bonds. The van der Waals surface area contributed by atoms with E-state index in [1.807, 2.05) is 13.8 Å². The van der Waals surface area contributed by atoms with Crippen molar-refractivity contribution in [2.75, 3.05) is 39.6 Å². The first-order valence-electron chi connectivity index (χ1n) is 8.32. The van der Waals surface area contributed by atoms with Crippen LogP contribution in [-0.4, -0.2) is 51.2 Å². The van der Waals surface area contributed by atoms with Crippen LogP contribution in [0.25, 0.3) is 0 Å². The fraction of sp³-hybridized carbons (Fsp3) is 0.941. The number of rotatable bonds is 14. The quantitative estimate of drug-likeness (QED) is 0.364. The van der Waals surface area contributed by atoms with Crippen LogP contribution in [-0.2, 0) is 23.7 Å². The van der Waals surface area contributed by atoms with E-state index in [0.29, 0.717) is 51.8 Å². The second kappa shape index (κ2) is 12.9. The number of carbonyl (C=O) groups is 1. The van der Waals surface area contributed by atoms with Gasteiger partial charge >= 0.3 is 5.97 Å². The predicted octanol–water partition coefficient (Wildman–Crippen LogP) is 3.20. The molecule has 0 radical (unpaired) electrons. The highest BCUT2D eigenvalue weighted by atomic mass is 16.6. The Bertz CT molecular complexity index is 276. The van der Waals surface area contributed by atoms with E-state index < -0.39 is 5.60 Å². The fourth-order valence-corrected chi connectivity index (χ4v) is 1.61. The standard InChI is InChI=1S/C17H34O5/c1-6-16(18)22-17(4,5)8-10-20-12-14-21-13-11-19-9-7-15(2)3/h15H,6-14H2,1-5H3. The maximum atomic E-state index is 11.3. The summed E-state index contributed by atoms with van der Waals surface area (Å²) in [6, 6.07) is 0. The highest BCUT2D eigenvalue weighted by Gasteiger charge is 2.21. The minimum absolute atomic E-state index is 0.175. The molecule has 0 saturated carbocycles. The lowest BCUT2D eigenvalue weighted by Crippen LogP contribution is -2.29. The molecule has 0 saturated heterocycles. The van der Waals surface area contributed by atoms with Gasteiger partial charge in [0.15, 0.2) is 0 Å². The van der Waals surface area contributed by atoms with Crippen LogP contribution in [0.15, 0.2) is 0 Å². The first-order chi connectivity index (χ1) is 10.4. The van der Waals surface area contributed by atoms with Gasteiger partial charge in [0, 0.05) is 19.4 Å². The molecule has 0 fully saturated rings. The van der Waals surface area contributed by atoms with Gasteiger partial charge in [0.25, 0.3) is 0 Å². The molecule has 132 valence electrons. The van der Waals surface area contributed by atoms with Crippen molar-refractivity contribution in [1.29, 1.82) is 0 Å². The van der Waals surface area contributed by atoms with Gasteiger partial charge in [-0.1, -0.05) is 20.8 Å². The molecular formula is C17H34O5. The Balaban J connectivity index is 3.34. The van der Waals surface area contributed by atoms with Crippen molar-refractivity contribution in [3.63, 3.8) is 0 Å². The van der Waals surface area contributed by atoms with Crippen LogP contribution in [0.1, 0.15) is 53.9 Å². The van der Waals surface area contributed by atoms with Crippen molar-refractivity contribution in [1.82, 2.24) is 0 Å². The highest BCUT2D eigenvalue weighted by Crippen LogP contribution is 2.15. The summed E-state index contributed by atoms with van der Waals surface area (Å²) in [5.41, 5.74) is -0.474. The number of carbonyl (C=O) groups excluding carboxylic acids is 1. The molecule has 0 aromatic carbocycles. The summed E-state index contributed by atoms with van der Waals surface area (Å²) in [7, 11) is 0. The van der Waals surface area contributed by atoms with Crippen molar-refractivity contribution < 1.29 is 23.7 Å². The molecule has 0 aromatic heterocycles. The average Bonchev–Trinajstić information content (AvgIpc) is 2.43. The van der Waals surface area contributed by atoms with E-state index >= 15 is 0 Å². The van der Waals surface area contributed by atoms with Crippen LogP contribution in [0, 0.1) is 5.92 Å². The molecule has 0 atom stereocenters. The third-order valence-electron chi connectivity index (χ3n) is 3.11. The second-order valence-electron chi connectivity index (χ2n) is 6.36. The van der Waals surface area contributed by atoms with Gasteiger partial charge in [-0.05, 0) is 26.2 Å². The first kappa shape index (κ1) is 21.4. The summed E-state index contributed by atoms with van der Waals surface area (Å²) < 4.78 is 21.7. The van der Waals surface area contributed by atoms with Crippen LogP contribution < -0.4 is 0 Å². The Labute approximate surface area is 135 Å². The van der Waals surface area contributed by atoms with Gasteiger partial charge in [-0.25, -0.2) is 0 Å². The van der Waals surface area contributed by atoms with Crippen LogP contribution in [0.5, 0.6) is 0 Å². The molecule has 0 spiro atoms. The third-order valence-corrected chi connectivity index (χ3v) is 3.11. The largest absolute Gasteiger partial charge is 0.460 e. The first-order valence-corrected chi connectivity index (χ1v) is 8.32. The monoisotopic (exact) mass is 318 g/mol. The van der Waals surface area contributed by atoms with E-state index in [1.165, 1.54) is 0 Å². The summed E-state index contributed by atoms with van der Waals surface area (Å²) >= 11 is 0. The highest BCUT2D eigenvalue weighted by molar-refractivity contribution is 5.69. The molecule has 0 N–H and O–H groups in total. The van der Waals surface area contributed by atoms with Gasteiger partial charge in [-0.15, -0.1) is 0 Å². The molecule has 0 heterocycles. The molecule has 5 heteroatoms. The Morgan fingerprint density at radius 3 is 1.91 bits per heavy atom. The van der Waals surface area contributed by atoms with E-state index in [2.05, 4.69) is 13.8 Å². The van der Waals surface area contributed by atoms with E-state index in [4.69, 9.17) is 18.9 Å². The topological polar surface area (TPSA) is 54.0 Å². The van der Waals surface area contributed by atoms with E-state index in [-0.39, 0.29) is 5.97 Å². The zero-order valence-corrected chi connectivity index (χ0v) is 15.0. The van der Waals surface area contributed by atoms with E-state index in [0.717, 1.165) is 13.0 Å². The van der Waals surface area contributed by atoms with Crippen LogP contribution in [0.2, 0.25) is 0 Å². The van der Waals surface area contributed by atoms with Crippen molar-refractivity contribution >= 4 is 5.97 Å². The molecule has 0 aromatic rings.